The molecule has 2 aromatic heterocycles. The summed E-state index contributed by atoms with van der Waals surface area (Å²) in [5, 5.41) is 7.92. The quantitative estimate of drug-likeness (QED) is 0.733. The smallest absolute Gasteiger partial charge is 0.252 e. The van der Waals surface area contributed by atoms with Gasteiger partial charge in [0.1, 0.15) is 5.82 Å². The van der Waals surface area contributed by atoms with Crippen molar-refractivity contribution in [2.75, 3.05) is 13.2 Å². The Balaban J connectivity index is 1.73. The highest BCUT2D eigenvalue weighted by atomic mass is 19.1. The Morgan fingerprint density at radius 3 is 2.93 bits per heavy atom. The summed E-state index contributed by atoms with van der Waals surface area (Å²) < 4.78 is 21.1. The fourth-order valence-corrected chi connectivity index (χ4v) is 3.49. The minimum Gasteiger partial charge on any atom is -0.381 e. The first-order chi connectivity index (χ1) is 13.6. The topological polar surface area (TPSA) is 69.0 Å². The molecule has 0 atom stereocenters. The number of halogens is 1. The lowest BCUT2D eigenvalue weighted by Gasteiger charge is -2.23. The lowest BCUT2D eigenvalue weighted by atomic mass is 10.0. The lowest BCUT2D eigenvalue weighted by Crippen LogP contribution is -2.39. The van der Waals surface area contributed by atoms with Crippen LogP contribution in [0.5, 0.6) is 0 Å². The molecule has 4 rings (SSSR count). The first kappa shape index (κ1) is 18.6. The maximum atomic E-state index is 13.9. The standard InChI is InChI=1S/C21H23FN4O2/c1-2-7-26-13-14(12-23-26)20-11-18(17-10-15(22)3-4-19(17)25-20)21(27)24-16-5-8-28-9-6-16/h3-4,10-13,16H,2,5-9H2,1H3,(H,24,27). The Labute approximate surface area is 162 Å². The van der Waals surface area contributed by atoms with Crippen LogP contribution in [0.25, 0.3) is 22.2 Å². The molecular formula is C21H23FN4O2. The summed E-state index contributed by atoms with van der Waals surface area (Å²) in [6, 6.07) is 6.12. The number of ether oxygens (including phenoxy) is 1. The van der Waals surface area contributed by atoms with Gasteiger partial charge in [-0.2, -0.15) is 5.10 Å². The highest BCUT2D eigenvalue weighted by molar-refractivity contribution is 6.07. The second-order valence-electron chi connectivity index (χ2n) is 7.07. The first-order valence-electron chi connectivity index (χ1n) is 9.66. The van der Waals surface area contributed by atoms with Gasteiger partial charge in [0.2, 0.25) is 0 Å². The molecule has 0 saturated carbocycles. The summed E-state index contributed by atoms with van der Waals surface area (Å²) in [5.41, 5.74) is 2.49. The molecule has 0 radical (unpaired) electrons. The van der Waals surface area contributed by atoms with Crippen LogP contribution < -0.4 is 5.32 Å². The average molecular weight is 382 g/mol. The molecule has 1 saturated heterocycles. The molecule has 1 aliphatic heterocycles. The molecule has 7 heteroatoms. The summed E-state index contributed by atoms with van der Waals surface area (Å²) in [6.07, 6.45) is 6.19. The number of fused-ring (bicyclic) bond motifs is 1. The van der Waals surface area contributed by atoms with Crippen molar-refractivity contribution in [1.82, 2.24) is 20.1 Å². The zero-order valence-electron chi connectivity index (χ0n) is 15.8. The maximum absolute atomic E-state index is 13.9. The van der Waals surface area contributed by atoms with Gasteiger partial charge in [0, 0.05) is 42.9 Å². The highest BCUT2D eigenvalue weighted by Crippen LogP contribution is 2.26. The highest BCUT2D eigenvalue weighted by Gasteiger charge is 2.20. The van der Waals surface area contributed by atoms with E-state index in [0.717, 1.165) is 31.4 Å². The van der Waals surface area contributed by atoms with Gasteiger partial charge in [-0.05, 0) is 43.5 Å². The Hall–Kier alpha value is -2.80. The van der Waals surface area contributed by atoms with Crippen LogP contribution >= 0.6 is 0 Å². The van der Waals surface area contributed by atoms with Crippen LogP contribution in [0.1, 0.15) is 36.5 Å². The second-order valence-corrected chi connectivity index (χ2v) is 7.07. The number of hydrogen-bond acceptors (Lipinski definition) is 4. The molecule has 1 fully saturated rings. The third kappa shape index (κ3) is 3.89. The Morgan fingerprint density at radius 2 is 2.14 bits per heavy atom. The van der Waals surface area contributed by atoms with Crippen LogP contribution in [0, 0.1) is 5.82 Å². The number of hydrogen-bond donors (Lipinski definition) is 1. The normalized spacial score (nSPS) is 15.1. The van der Waals surface area contributed by atoms with Crippen molar-refractivity contribution in [3.63, 3.8) is 0 Å². The van der Waals surface area contributed by atoms with Gasteiger partial charge < -0.3 is 10.1 Å². The maximum Gasteiger partial charge on any atom is 0.252 e. The van der Waals surface area contributed by atoms with Crippen LogP contribution in [-0.2, 0) is 11.3 Å². The van der Waals surface area contributed by atoms with E-state index in [0.29, 0.717) is 35.4 Å². The van der Waals surface area contributed by atoms with Gasteiger partial charge in [0.15, 0.2) is 0 Å². The number of benzene rings is 1. The van der Waals surface area contributed by atoms with Gasteiger partial charge in [-0.1, -0.05) is 6.92 Å². The van der Waals surface area contributed by atoms with Gasteiger partial charge in [-0.15, -0.1) is 0 Å². The molecule has 0 spiro atoms. The van der Waals surface area contributed by atoms with Crippen molar-refractivity contribution in [3.8, 4) is 11.3 Å². The van der Waals surface area contributed by atoms with Crippen LogP contribution in [0.15, 0.2) is 36.7 Å². The van der Waals surface area contributed by atoms with E-state index in [1.54, 1.807) is 18.3 Å². The van der Waals surface area contributed by atoms with Crippen molar-refractivity contribution >= 4 is 16.8 Å². The third-order valence-electron chi connectivity index (χ3n) is 4.95. The van der Waals surface area contributed by atoms with Crippen molar-refractivity contribution in [2.45, 2.75) is 38.8 Å². The van der Waals surface area contributed by atoms with E-state index < -0.39 is 5.82 Å². The fourth-order valence-electron chi connectivity index (χ4n) is 3.49. The van der Waals surface area contributed by atoms with E-state index >= 15 is 0 Å². The number of rotatable bonds is 5. The lowest BCUT2D eigenvalue weighted by molar-refractivity contribution is 0.0697. The summed E-state index contributed by atoms with van der Waals surface area (Å²) in [4.78, 5) is 17.6. The molecule has 3 aromatic rings. The molecule has 6 nitrogen and oxygen atoms in total. The number of amides is 1. The summed E-state index contributed by atoms with van der Waals surface area (Å²) in [7, 11) is 0. The Bertz CT molecular complexity index is 995. The largest absolute Gasteiger partial charge is 0.381 e. The number of nitrogens with zero attached hydrogens (tertiary/aromatic N) is 3. The molecule has 1 amide bonds. The van der Waals surface area contributed by atoms with Gasteiger partial charge in [0.05, 0.1) is 23.0 Å². The van der Waals surface area contributed by atoms with Gasteiger partial charge >= 0.3 is 0 Å². The van der Waals surface area contributed by atoms with E-state index in [9.17, 15) is 9.18 Å². The predicted molar refractivity (Wildman–Crippen MR) is 105 cm³/mol. The Kier molecular flexibility index (Phi) is 5.34. The van der Waals surface area contributed by atoms with Crippen molar-refractivity contribution in [3.05, 3.63) is 48.0 Å². The molecule has 1 aliphatic rings. The molecule has 0 unspecified atom stereocenters. The number of carbonyl (C=O) groups is 1. The molecule has 28 heavy (non-hydrogen) atoms. The van der Waals surface area contributed by atoms with Gasteiger partial charge in [-0.3, -0.25) is 9.48 Å². The summed E-state index contributed by atoms with van der Waals surface area (Å²) in [6.45, 7) is 4.18. The van der Waals surface area contributed by atoms with E-state index in [1.807, 2.05) is 10.9 Å². The average Bonchev–Trinajstić information content (AvgIpc) is 3.17. The first-order valence-corrected chi connectivity index (χ1v) is 9.66. The molecule has 0 aliphatic carbocycles. The number of pyridine rings is 1. The minimum atomic E-state index is -0.391. The predicted octanol–water partition coefficient (Wildman–Crippen LogP) is 3.56. The molecule has 1 N–H and O–H groups in total. The molecule has 1 aromatic carbocycles. The van der Waals surface area contributed by atoms with Gasteiger partial charge in [0.25, 0.3) is 5.91 Å². The van der Waals surface area contributed by atoms with Gasteiger partial charge in [-0.25, -0.2) is 9.37 Å². The van der Waals surface area contributed by atoms with E-state index in [2.05, 4.69) is 22.3 Å². The van der Waals surface area contributed by atoms with Crippen LogP contribution in [0.4, 0.5) is 4.39 Å². The SMILES string of the molecule is CCCn1cc(-c2cc(C(=O)NC3CCOCC3)c3cc(F)ccc3n2)cn1. The van der Waals surface area contributed by atoms with Crippen molar-refractivity contribution < 1.29 is 13.9 Å². The fraction of sp³-hybridized carbons (Fsp3) is 0.381. The minimum absolute atomic E-state index is 0.0637. The van der Waals surface area contributed by atoms with Crippen molar-refractivity contribution in [1.29, 1.82) is 0 Å². The van der Waals surface area contributed by atoms with E-state index in [4.69, 9.17) is 4.74 Å². The summed E-state index contributed by atoms with van der Waals surface area (Å²) in [5.74, 6) is -0.606. The monoisotopic (exact) mass is 382 g/mol. The third-order valence-corrected chi connectivity index (χ3v) is 4.95. The number of nitrogens with one attached hydrogen (secondary N) is 1. The number of aryl methyl sites for hydroxylation is 1. The van der Waals surface area contributed by atoms with E-state index in [1.165, 1.54) is 12.1 Å². The van der Waals surface area contributed by atoms with Crippen molar-refractivity contribution in [2.24, 2.45) is 0 Å². The molecule has 146 valence electrons. The second kappa shape index (κ2) is 8.06. The zero-order valence-corrected chi connectivity index (χ0v) is 15.8. The van der Waals surface area contributed by atoms with E-state index in [-0.39, 0.29) is 11.9 Å². The van der Waals surface area contributed by atoms with Crippen LogP contribution in [0.2, 0.25) is 0 Å². The summed E-state index contributed by atoms with van der Waals surface area (Å²) >= 11 is 0. The zero-order chi connectivity index (χ0) is 19.5. The Morgan fingerprint density at radius 1 is 1.32 bits per heavy atom. The van der Waals surface area contributed by atoms with Crippen LogP contribution in [0.3, 0.4) is 0 Å². The number of aromatic nitrogens is 3. The molecular weight excluding hydrogens is 359 g/mol. The molecule has 3 heterocycles. The van der Waals surface area contributed by atoms with Crippen LogP contribution in [-0.4, -0.2) is 39.9 Å². The molecule has 0 bridgehead atoms. The number of carbonyl (C=O) groups excluding carboxylic acids is 1.